The molecule has 0 bridgehead atoms. The second-order valence-electron chi connectivity index (χ2n) is 7.47. The quantitative estimate of drug-likeness (QED) is 0.842. The van der Waals surface area contributed by atoms with Gasteiger partial charge in [0.25, 0.3) is 0 Å². The zero-order valence-electron chi connectivity index (χ0n) is 15.8. The Kier molecular flexibility index (Phi) is 5.26. The summed E-state index contributed by atoms with van der Waals surface area (Å²) < 4.78 is 1.95. The zero-order chi connectivity index (χ0) is 18.0. The second kappa shape index (κ2) is 7.42. The Morgan fingerprint density at radius 1 is 1.20 bits per heavy atom. The molecule has 1 aliphatic heterocycles. The number of rotatable bonds is 4. The molecule has 1 aromatic heterocycles. The number of amides is 1. The highest BCUT2D eigenvalue weighted by molar-refractivity contribution is 5.79. The zero-order valence-corrected chi connectivity index (χ0v) is 15.8. The summed E-state index contributed by atoms with van der Waals surface area (Å²) in [5.41, 5.74) is 4.13. The molecule has 134 valence electrons. The van der Waals surface area contributed by atoms with Crippen molar-refractivity contribution in [2.24, 2.45) is 5.92 Å². The van der Waals surface area contributed by atoms with Gasteiger partial charge in [-0.2, -0.15) is 5.10 Å². The van der Waals surface area contributed by atoms with E-state index in [1.165, 1.54) is 6.42 Å². The number of nitrogens with zero attached hydrogens (tertiary/aromatic N) is 3. The highest BCUT2D eigenvalue weighted by Gasteiger charge is 2.29. The Hall–Kier alpha value is -2.10. The van der Waals surface area contributed by atoms with Crippen molar-refractivity contribution in [2.75, 3.05) is 6.54 Å². The number of para-hydroxylation sites is 1. The van der Waals surface area contributed by atoms with Gasteiger partial charge in [-0.1, -0.05) is 32.0 Å². The molecule has 0 saturated carbocycles. The van der Waals surface area contributed by atoms with Gasteiger partial charge in [-0.15, -0.1) is 0 Å². The first-order valence-corrected chi connectivity index (χ1v) is 9.39. The molecule has 2 heterocycles. The van der Waals surface area contributed by atoms with Crippen LogP contribution >= 0.6 is 0 Å². The Bertz CT molecular complexity index is 733. The Balaban J connectivity index is 1.83. The van der Waals surface area contributed by atoms with Crippen LogP contribution in [0.15, 0.2) is 30.3 Å². The average molecular weight is 339 g/mol. The summed E-state index contributed by atoms with van der Waals surface area (Å²) in [4.78, 5) is 15.1. The predicted octanol–water partition coefficient (Wildman–Crippen LogP) is 4.07. The lowest BCUT2D eigenvalue weighted by atomic mass is 9.92. The van der Waals surface area contributed by atoms with Crippen molar-refractivity contribution in [1.29, 1.82) is 0 Å². The molecule has 2 aromatic rings. The molecule has 4 heteroatoms. The summed E-state index contributed by atoms with van der Waals surface area (Å²) in [7, 11) is 0. The summed E-state index contributed by atoms with van der Waals surface area (Å²) in [5, 5.41) is 4.68. The van der Waals surface area contributed by atoms with Crippen LogP contribution in [-0.2, 0) is 11.2 Å². The number of aromatic nitrogens is 2. The van der Waals surface area contributed by atoms with E-state index in [0.29, 0.717) is 18.4 Å². The van der Waals surface area contributed by atoms with E-state index in [4.69, 9.17) is 0 Å². The fourth-order valence-electron chi connectivity index (χ4n) is 3.96. The Morgan fingerprint density at radius 2 is 1.92 bits per heavy atom. The number of hydrogen-bond acceptors (Lipinski definition) is 2. The highest BCUT2D eigenvalue weighted by Crippen LogP contribution is 2.25. The number of likely N-dealkylation sites (tertiary alicyclic amines) is 1. The molecule has 1 aromatic carbocycles. The van der Waals surface area contributed by atoms with E-state index in [0.717, 1.165) is 42.0 Å². The van der Waals surface area contributed by atoms with Crippen LogP contribution in [0.5, 0.6) is 0 Å². The van der Waals surface area contributed by atoms with Crippen LogP contribution in [0.4, 0.5) is 0 Å². The van der Waals surface area contributed by atoms with Gasteiger partial charge in [-0.25, -0.2) is 4.68 Å². The van der Waals surface area contributed by atoms with E-state index in [9.17, 15) is 4.79 Å². The molecule has 1 saturated heterocycles. The summed E-state index contributed by atoms with van der Waals surface area (Å²) in [6.07, 6.45) is 3.94. The molecular formula is C21H29N3O. The molecule has 1 unspecified atom stereocenters. The minimum atomic E-state index is 0.247. The molecule has 25 heavy (non-hydrogen) atoms. The lowest BCUT2D eigenvalue weighted by Crippen LogP contribution is -2.47. The molecular weight excluding hydrogens is 310 g/mol. The van der Waals surface area contributed by atoms with Gasteiger partial charge in [0, 0.05) is 23.8 Å². The third-order valence-corrected chi connectivity index (χ3v) is 5.41. The molecule has 0 radical (unpaired) electrons. The molecule has 1 aliphatic rings. The maximum absolute atomic E-state index is 13.0. The maximum atomic E-state index is 13.0. The molecule has 3 rings (SSSR count). The summed E-state index contributed by atoms with van der Waals surface area (Å²) in [6.45, 7) is 9.41. The molecule has 1 amide bonds. The van der Waals surface area contributed by atoms with Gasteiger partial charge >= 0.3 is 0 Å². The van der Waals surface area contributed by atoms with Crippen molar-refractivity contribution in [3.8, 4) is 5.69 Å². The Morgan fingerprint density at radius 3 is 2.60 bits per heavy atom. The fraction of sp³-hybridized carbons (Fsp3) is 0.524. The van der Waals surface area contributed by atoms with Gasteiger partial charge in [-0.05, 0) is 51.2 Å². The largest absolute Gasteiger partial charge is 0.339 e. The first-order valence-electron chi connectivity index (χ1n) is 9.39. The smallest absolute Gasteiger partial charge is 0.227 e. The van der Waals surface area contributed by atoms with Gasteiger partial charge in [0.1, 0.15) is 0 Å². The summed E-state index contributed by atoms with van der Waals surface area (Å²) in [5.74, 6) is 0.760. The molecule has 0 spiro atoms. The lowest BCUT2D eigenvalue weighted by molar-refractivity contribution is -0.135. The third-order valence-electron chi connectivity index (χ3n) is 5.41. The number of carbonyl (C=O) groups excluding carboxylic acids is 1. The SMILES string of the molecule is Cc1nn(-c2ccccc2)c(C)c1CC(=O)N1CCCCC1C(C)C. The average Bonchev–Trinajstić information content (AvgIpc) is 2.90. The van der Waals surface area contributed by atoms with Gasteiger partial charge in [0.15, 0.2) is 0 Å². The van der Waals surface area contributed by atoms with Gasteiger partial charge in [0.05, 0.1) is 17.8 Å². The van der Waals surface area contributed by atoms with Crippen LogP contribution in [0, 0.1) is 19.8 Å². The summed E-state index contributed by atoms with van der Waals surface area (Å²) in [6, 6.07) is 10.5. The molecule has 0 aliphatic carbocycles. The Labute approximate surface area is 150 Å². The fourth-order valence-corrected chi connectivity index (χ4v) is 3.96. The molecule has 0 N–H and O–H groups in total. The minimum Gasteiger partial charge on any atom is -0.339 e. The van der Waals surface area contributed by atoms with Gasteiger partial charge in [-0.3, -0.25) is 4.79 Å². The normalized spacial score (nSPS) is 18.0. The highest BCUT2D eigenvalue weighted by atomic mass is 16.2. The van der Waals surface area contributed by atoms with Crippen molar-refractivity contribution in [1.82, 2.24) is 14.7 Å². The first-order chi connectivity index (χ1) is 12.0. The second-order valence-corrected chi connectivity index (χ2v) is 7.47. The molecule has 1 fully saturated rings. The first kappa shape index (κ1) is 17.7. The van der Waals surface area contributed by atoms with E-state index >= 15 is 0 Å². The van der Waals surface area contributed by atoms with Crippen molar-refractivity contribution in [3.63, 3.8) is 0 Å². The summed E-state index contributed by atoms with van der Waals surface area (Å²) >= 11 is 0. The van der Waals surface area contributed by atoms with E-state index in [1.807, 2.05) is 41.9 Å². The van der Waals surface area contributed by atoms with E-state index in [1.54, 1.807) is 0 Å². The van der Waals surface area contributed by atoms with E-state index in [-0.39, 0.29) is 5.91 Å². The number of benzene rings is 1. The number of carbonyl (C=O) groups is 1. The number of piperidine rings is 1. The molecule has 1 atom stereocenters. The molecule has 4 nitrogen and oxygen atoms in total. The monoisotopic (exact) mass is 339 g/mol. The van der Waals surface area contributed by atoms with Crippen LogP contribution in [0.2, 0.25) is 0 Å². The lowest BCUT2D eigenvalue weighted by Gasteiger charge is -2.38. The van der Waals surface area contributed by atoms with Crippen molar-refractivity contribution in [2.45, 2.75) is 59.4 Å². The van der Waals surface area contributed by atoms with Crippen LogP contribution in [0.1, 0.15) is 50.1 Å². The number of hydrogen-bond donors (Lipinski definition) is 0. The van der Waals surface area contributed by atoms with E-state index < -0.39 is 0 Å². The number of aryl methyl sites for hydroxylation is 1. The van der Waals surface area contributed by atoms with Crippen LogP contribution < -0.4 is 0 Å². The van der Waals surface area contributed by atoms with Crippen LogP contribution in [0.3, 0.4) is 0 Å². The van der Waals surface area contributed by atoms with E-state index in [2.05, 4.69) is 30.8 Å². The van der Waals surface area contributed by atoms with Crippen molar-refractivity contribution < 1.29 is 4.79 Å². The van der Waals surface area contributed by atoms with Gasteiger partial charge in [0.2, 0.25) is 5.91 Å². The topological polar surface area (TPSA) is 38.1 Å². The standard InChI is InChI=1S/C21H29N3O/c1-15(2)20-12-8-9-13-23(20)21(25)14-19-16(3)22-24(17(19)4)18-10-6-5-7-11-18/h5-7,10-11,15,20H,8-9,12-14H2,1-4H3. The van der Waals surface area contributed by atoms with Crippen LogP contribution in [-0.4, -0.2) is 33.2 Å². The maximum Gasteiger partial charge on any atom is 0.227 e. The predicted molar refractivity (Wildman–Crippen MR) is 101 cm³/mol. The van der Waals surface area contributed by atoms with Crippen LogP contribution in [0.25, 0.3) is 5.69 Å². The van der Waals surface area contributed by atoms with Gasteiger partial charge < -0.3 is 4.90 Å². The van der Waals surface area contributed by atoms with Crippen molar-refractivity contribution >= 4 is 5.91 Å². The minimum absolute atomic E-state index is 0.247. The van der Waals surface area contributed by atoms with Crippen molar-refractivity contribution in [3.05, 3.63) is 47.3 Å². The third kappa shape index (κ3) is 3.63.